The lowest BCUT2D eigenvalue weighted by Gasteiger charge is -2.29. The molecule has 0 amide bonds. The predicted molar refractivity (Wildman–Crippen MR) is 47.6 cm³/mol. The third-order valence-corrected chi connectivity index (χ3v) is 2.02. The first-order valence-corrected chi connectivity index (χ1v) is 4.04. The highest BCUT2D eigenvalue weighted by Crippen LogP contribution is 2.00. The van der Waals surface area contributed by atoms with Crippen LogP contribution in [0, 0.1) is 0 Å². The summed E-state index contributed by atoms with van der Waals surface area (Å²) in [7, 11) is 3.78. The summed E-state index contributed by atoms with van der Waals surface area (Å²) in [6, 6.07) is 0.874. The largest absolute Gasteiger partial charge is 0.383 e. The van der Waals surface area contributed by atoms with Gasteiger partial charge in [-0.1, -0.05) is 0 Å². The third-order valence-electron chi connectivity index (χ3n) is 2.02. The van der Waals surface area contributed by atoms with Gasteiger partial charge in [0.1, 0.15) is 0 Å². The summed E-state index contributed by atoms with van der Waals surface area (Å²) in [5, 5.41) is 0. The number of nitrogens with two attached hydrogens (primary N) is 1. The Morgan fingerprint density at radius 2 is 2.00 bits per heavy atom. The van der Waals surface area contributed by atoms with Gasteiger partial charge in [0.05, 0.1) is 6.61 Å². The Kier molecular flexibility index (Phi) is 5.46. The Morgan fingerprint density at radius 3 is 2.27 bits per heavy atom. The quantitative estimate of drug-likeness (QED) is 0.628. The molecule has 0 aromatic heterocycles. The fraction of sp³-hybridized carbons (Fsp3) is 1.00. The van der Waals surface area contributed by atoms with Crippen molar-refractivity contribution in [3.63, 3.8) is 0 Å². The molecule has 3 nitrogen and oxygen atoms in total. The minimum absolute atomic E-state index is 0.347. The molecule has 0 spiro atoms. The van der Waals surface area contributed by atoms with E-state index in [0.29, 0.717) is 25.2 Å². The number of ether oxygens (including phenoxy) is 1. The van der Waals surface area contributed by atoms with Crippen molar-refractivity contribution in [2.24, 2.45) is 5.73 Å². The Bertz CT molecular complexity index is 96.1. The first kappa shape index (κ1) is 10.9. The van der Waals surface area contributed by atoms with E-state index in [9.17, 15) is 0 Å². The molecule has 68 valence electrons. The molecule has 0 rings (SSSR count). The second-order valence-electron chi connectivity index (χ2n) is 3.10. The first-order chi connectivity index (χ1) is 5.13. The van der Waals surface area contributed by atoms with Crippen LogP contribution in [0.5, 0.6) is 0 Å². The van der Waals surface area contributed by atoms with Crippen molar-refractivity contribution < 1.29 is 4.74 Å². The highest BCUT2D eigenvalue weighted by Gasteiger charge is 2.14. The van der Waals surface area contributed by atoms with Crippen LogP contribution in [-0.4, -0.2) is 44.3 Å². The van der Waals surface area contributed by atoms with Crippen molar-refractivity contribution in [2.45, 2.75) is 25.9 Å². The monoisotopic (exact) mass is 160 g/mol. The SMILES string of the molecule is COCC(CN)N(C)C(C)C. The van der Waals surface area contributed by atoms with Gasteiger partial charge in [0.25, 0.3) is 0 Å². The number of rotatable bonds is 5. The molecule has 1 atom stereocenters. The Hall–Kier alpha value is -0.120. The molecule has 0 aliphatic heterocycles. The van der Waals surface area contributed by atoms with Crippen molar-refractivity contribution >= 4 is 0 Å². The van der Waals surface area contributed by atoms with Gasteiger partial charge in [-0.25, -0.2) is 0 Å². The minimum Gasteiger partial charge on any atom is -0.383 e. The zero-order valence-corrected chi connectivity index (χ0v) is 8.00. The van der Waals surface area contributed by atoms with Gasteiger partial charge in [0.15, 0.2) is 0 Å². The summed E-state index contributed by atoms with van der Waals surface area (Å²) in [4.78, 5) is 2.23. The zero-order valence-electron chi connectivity index (χ0n) is 8.00. The number of nitrogens with zero attached hydrogens (tertiary/aromatic N) is 1. The molecular weight excluding hydrogens is 140 g/mol. The Morgan fingerprint density at radius 1 is 1.45 bits per heavy atom. The van der Waals surface area contributed by atoms with E-state index in [0.717, 1.165) is 0 Å². The molecule has 0 saturated heterocycles. The van der Waals surface area contributed by atoms with Crippen LogP contribution in [0.2, 0.25) is 0 Å². The van der Waals surface area contributed by atoms with E-state index in [1.54, 1.807) is 7.11 Å². The Balaban J connectivity index is 3.81. The van der Waals surface area contributed by atoms with E-state index in [1.807, 2.05) is 0 Å². The van der Waals surface area contributed by atoms with Crippen molar-refractivity contribution in [1.29, 1.82) is 0 Å². The second kappa shape index (κ2) is 5.52. The van der Waals surface area contributed by atoms with Gasteiger partial charge in [0.2, 0.25) is 0 Å². The van der Waals surface area contributed by atoms with E-state index in [4.69, 9.17) is 10.5 Å². The maximum Gasteiger partial charge on any atom is 0.0630 e. The molecule has 0 bridgehead atoms. The van der Waals surface area contributed by atoms with Crippen molar-refractivity contribution in [2.75, 3.05) is 27.3 Å². The van der Waals surface area contributed by atoms with E-state index >= 15 is 0 Å². The van der Waals surface area contributed by atoms with Gasteiger partial charge >= 0.3 is 0 Å². The molecule has 0 fully saturated rings. The van der Waals surface area contributed by atoms with Crippen molar-refractivity contribution in [1.82, 2.24) is 4.90 Å². The molecule has 0 radical (unpaired) electrons. The molecular formula is C8H20N2O. The van der Waals surface area contributed by atoms with E-state index in [-0.39, 0.29) is 0 Å². The summed E-state index contributed by atoms with van der Waals surface area (Å²) in [5.74, 6) is 0. The van der Waals surface area contributed by atoms with Gasteiger partial charge in [-0.05, 0) is 20.9 Å². The smallest absolute Gasteiger partial charge is 0.0630 e. The maximum absolute atomic E-state index is 5.58. The molecule has 0 aromatic carbocycles. The van der Waals surface area contributed by atoms with E-state index in [2.05, 4.69) is 25.8 Å². The van der Waals surface area contributed by atoms with Gasteiger partial charge < -0.3 is 10.5 Å². The highest BCUT2D eigenvalue weighted by molar-refractivity contribution is 4.71. The molecule has 1 unspecified atom stereocenters. The summed E-state index contributed by atoms with van der Waals surface area (Å²) in [6.07, 6.45) is 0. The molecule has 0 heterocycles. The molecule has 11 heavy (non-hydrogen) atoms. The van der Waals surface area contributed by atoms with Crippen molar-refractivity contribution in [3.8, 4) is 0 Å². The van der Waals surface area contributed by atoms with Crippen LogP contribution < -0.4 is 5.73 Å². The fourth-order valence-electron chi connectivity index (χ4n) is 0.966. The number of methoxy groups -OCH3 is 1. The molecule has 3 heteroatoms. The van der Waals surface area contributed by atoms with Gasteiger partial charge in [0, 0.05) is 25.7 Å². The number of likely N-dealkylation sites (N-methyl/N-ethyl adjacent to an activating group) is 1. The molecule has 2 N–H and O–H groups in total. The van der Waals surface area contributed by atoms with Gasteiger partial charge in [-0.15, -0.1) is 0 Å². The molecule has 0 aromatic rings. The summed E-state index contributed by atoms with van der Waals surface area (Å²) in [6.45, 7) is 5.67. The lowest BCUT2D eigenvalue weighted by atomic mass is 10.2. The summed E-state index contributed by atoms with van der Waals surface area (Å²) < 4.78 is 5.04. The highest BCUT2D eigenvalue weighted by atomic mass is 16.5. The first-order valence-electron chi connectivity index (χ1n) is 4.04. The number of hydrogen-bond donors (Lipinski definition) is 1. The summed E-state index contributed by atoms with van der Waals surface area (Å²) >= 11 is 0. The lowest BCUT2D eigenvalue weighted by Crippen LogP contribution is -2.44. The van der Waals surface area contributed by atoms with E-state index < -0.39 is 0 Å². The standard InChI is InChI=1S/C8H20N2O/c1-7(2)10(3)8(5-9)6-11-4/h7-8H,5-6,9H2,1-4H3. The molecule has 0 aliphatic rings. The van der Waals surface area contributed by atoms with Gasteiger partial charge in [-0.2, -0.15) is 0 Å². The third kappa shape index (κ3) is 3.70. The van der Waals surface area contributed by atoms with Crippen LogP contribution in [0.3, 0.4) is 0 Å². The summed E-state index contributed by atoms with van der Waals surface area (Å²) in [5.41, 5.74) is 5.58. The average molecular weight is 160 g/mol. The van der Waals surface area contributed by atoms with Crippen molar-refractivity contribution in [3.05, 3.63) is 0 Å². The van der Waals surface area contributed by atoms with Crippen LogP contribution in [0.25, 0.3) is 0 Å². The maximum atomic E-state index is 5.58. The fourth-order valence-corrected chi connectivity index (χ4v) is 0.966. The van der Waals surface area contributed by atoms with Crippen LogP contribution in [-0.2, 0) is 4.74 Å². The minimum atomic E-state index is 0.347. The van der Waals surface area contributed by atoms with Crippen LogP contribution in [0.4, 0.5) is 0 Å². The average Bonchev–Trinajstić information content (AvgIpc) is 1.98. The topological polar surface area (TPSA) is 38.5 Å². The normalized spacial score (nSPS) is 14.5. The molecule has 0 saturated carbocycles. The second-order valence-corrected chi connectivity index (χ2v) is 3.10. The number of hydrogen-bond acceptors (Lipinski definition) is 3. The van der Waals surface area contributed by atoms with Crippen LogP contribution in [0.1, 0.15) is 13.8 Å². The van der Waals surface area contributed by atoms with Gasteiger partial charge in [-0.3, -0.25) is 4.90 Å². The predicted octanol–water partition coefficient (Wildman–Crippen LogP) is 0.300. The zero-order chi connectivity index (χ0) is 8.85. The molecule has 0 aliphatic carbocycles. The van der Waals surface area contributed by atoms with Crippen LogP contribution in [0.15, 0.2) is 0 Å². The lowest BCUT2D eigenvalue weighted by molar-refractivity contribution is 0.0932. The van der Waals surface area contributed by atoms with E-state index in [1.165, 1.54) is 0 Å². The van der Waals surface area contributed by atoms with Crippen LogP contribution >= 0.6 is 0 Å². The Labute approximate surface area is 69.5 Å².